The molecule has 0 bridgehead atoms. The van der Waals surface area contributed by atoms with Crippen LogP contribution in [0.3, 0.4) is 0 Å². The summed E-state index contributed by atoms with van der Waals surface area (Å²) in [6.07, 6.45) is 0. The van der Waals surface area contributed by atoms with Crippen molar-refractivity contribution in [3.8, 4) is 5.75 Å². The summed E-state index contributed by atoms with van der Waals surface area (Å²) >= 11 is 0. The van der Waals surface area contributed by atoms with Crippen LogP contribution in [0.4, 0.5) is 0 Å². The number of carbonyl (C=O) groups excluding carboxylic acids is 1. The number of hydrogen-bond acceptors (Lipinski definition) is 2. The van der Waals surface area contributed by atoms with E-state index >= 15 is 0 Å². The molecule has 1 amide bonds. The molecule has 0 aromatic heterocycles. The number of benzene rings is 2. The van der Waals surface area contributed by atoms with E-state index in [0.29, 0.717) is 0 Å². The molecule has 3 nitrogen and oxygen atoms in total. The maximum Gasteiger partial charge on any atom is 0.258 e. The molecule has 0 saturated heterocycles. The minimum Gasteiger partial charge on any atom is -0.483 e. The van der Waals surface area contributed by atoms with E-state index in [1.54, 1.807) is 0 Å². The van der Waals surface area contributed by atoms with E-state index in [0.717, 1.165) is 22.4 Å². The van der Waals surface area contributed by atoms with E-state index in [1.165, 1.54) is 16.7 Å². The molecule has 0 radical (unpaired) electrons. The van der Waals surface area contributed by atoms with Crippen molar-refractivity contribution in [2.24, 2.45) is 0 Å². The quantitative estimate of drug-likeness (QED) is 0.880. The number of hydrogen-bond donors (Lipinski definition) is 1. The minimum absolute atomic E-state index is 0.0277. The lowest BCUT2D eigenvalue weighted by Gasteiger charge is -2.19. The standard InChI is InChI=1S/C21H27NO2/c1-13-8-7-9-14(2)21(13)24-12-20(23)22-18(6)19-11-16(4)15(3)10-17(19)5/h7-11,18H,12H2,1-6H3,(H,22,23)/t18-/m0/s1. The van der Waals surface area contributed by atoms with Crippen molar-refractivity contribution in [2.75, 3.05) is 6.61 Å². The Labute approximate surface area is 145 Å². The first kappa shape index (κ1) is 18.1. The third-order valence-corrected chi connectivity index (χ3v) is 4.48. The Morgan fingerprint density at radius 3 is 2.17 bits per heavy atom. The Balaban J connectivity index is 2.01. The fourth-order valence-electron chi connectivity index (χ4n) is 2.97. The van der Waals surface area contributed by atoms with Crippen molar-refractivity contribution in [2.45, 2.75) is 47.6 Å². The van der Waals surface area contributed by atoms with Gasteiger partial charge in [0.25, 0.3) is 5.91 Å². The Kier molecular flexibility index (Phi) is 5.66. The summed E-state index contributed by atoms with van der Waals surface area (Å²) in [5, 5.41) is 3.03. The molecular formula is C21H27NO2. The van der Waals surface area contributed by atoms with E-state index in [-0.39, 0.29) is 18.6 Å². The summed E-state index contributed by atoms with van der Waals surface area (Å²) in [4.78, 5) is 12.2. The third kappa shape index (κ3) is 4.16. The molecule has 2 rings (SSSR count). The monoisotopic (exact) mass is 325 g/mol. The highest BCUT2D eigenvalue weighted by molar-refractivity contribution is 5.78. The first-order valence-electron chi connectivity index (χ1n) is 8.35. The maximum absolute atomic E-state index is 12.2. The highest BCUT2D eigenvalue weighted by atomic mass is 16.5. The summed E-state index contributed by atoms with van der Waals surface area (Å²) in [7, 11) is 0. The molecule has 0 aliphatic heterocycles. The van der Waals surface area contributed by atoms with E-state index in [2.05, 4.69) is 38.2 Å². The Bertz CT molecular complexity index is 729. The van der Waals surface area contributed by atoms with E-state index in [1.807, 2.05) is 39.0 Å². The second-order valence-electron chi connectivity index (χ2n) is 6.59. The number of carbonyl (C=O) groups is 1. The lowest BCUT2D eigenvalue weighted by Crippen LogP contribution is -2.31. The molecule has 1 atom stereocenters. The second-order valence-corrected chi connectivity index (χ2v) is 6.59. The van der Waals surface area contributed by atoms with Crippen LogP contribution >= 0.6 is 0 Å². The van der Waals surface area contributed by atoms with Gasteiger partial charge in [-0.1, -0.05) is 30.3 Å². The predicted octanol–water partition coefficient (Wildman–Crippen LogP) is 4.48. The average molecular weight is 325 g/mol. The number of nitrogens with one attached hydrogen (secondary N) is 1. The van der Waals surface area contributed by atoms with Gasteiger partial charge in [-0.25, -0.2) is 0 Å². The number of aryl methyl sites for hydroxylation is 5. The van der Waals surface area contributed by atoms with Crippen molar-refractivity contribution in [3.05, 3.63) is 63.7 Å². The lowest BCUT2D eigenvalue weighted by molar-refractivity contribution is -0.123. The first-order chi connectivity index (χ1) is 11.3. The van der Waals surface area contributed by atoms with Crippen LogP contribution in [0.5, 0.6) is 5.75 Å². The maximum atomic E-state index is 12.2. The highest BCUT2D eigenvalue weighted by Gasteiger charge is 2.14. The Hall–Kier alpha value is -2.29. The Morgan fingerprint density at radius 2 is 1.54 bits per heavy atom. The highest BCUT2D eigenvalue weighted by Crippen LogP contribution is 2.23. The van der Waals surface area contributed by atoms with Crippen LogP contribution < -0.4 is 10.1 Å². The van der Waals surface area contributed by atoms with Gasteiger partial charge in [-0.3, -0.25) is 4.79 Å². The van der Waals surface area contributed by atoms with E-state index < -0.39 is 0 Å². The van der Waals surface area contributed by atoms with Crippen LogP contribution in [0.25, 0.3) is 0 Å². The topological polar surface area (TPSA) is 38.3 Å². The number of rotatable bonds is 5. The van der Waals surface area contributed by atoms with Gasteiger partial charge in [-0.05, 0) is 74.9 Å². The molecule has 24 heavy (non-hydrogen) atoms. The van der Waals surface area contributed by atoms with Crippen LogP contribution in [0.2, 0.25) is 0 Å². The minimum atomic E-state index is -0.109. The number of amides is 1. The fourth-order valence-corrected chi connectivity index (χ4v) is 2.97. The van der Waals surface area contributed by atoms with Gasteiger partial charge in [0.1, 0.15) is 5.75 Å². The molecule has 128 valence electrons. The molecule has 0 unspecified atom stereocenters. The second kappa shape index (κ2) is 7.52. The van der Waals surface area contributed by atoms with Crippen molar-refractivity contribution < 1.29 is 9.53 Å². The van der Waals surface area contributed by atoms with Crippen molar-refractivity contribution >= 4 is 5.91 Å². The molecule has 2 aromatic carbocycles. The summed E-state index contributed by atoms with van der Waals surface area (Å²) in [5.41, 5.74) is 6.94. The fraction of sp³-hybridized carbons (Fsp3) is 0.381. The van der Waals surface area contributed by atoms with Crippen molar-refractivity contribution in [3.63, 3.8) is 0 Å². The average Bonchev–Trinajstić information content (AvgIpc) is 2.50. The summed E-state index contributed by atoms with van der Waals surface area (Å²) in [6, 6.07) is 10.2. The van der Waals surface area contributed by atoms with Gasteiger partial charge >= 0.3 is 0 Å². The first-order valence-corrected chi connectivity index (χ1v) is 8.35. The zero-order valence-corrected chi connectivity index (χ0v) is 15.5. The lowest BCUT2D eigenvalue weighted by atomic mass is 9.96. The number of ether oxygens (including phenoxy) is 1. The van der Waals surface area contributed by atoms with E-state index in [9.17, 15) is 4.79 Å². The molecule has 0 fully saturated rings. The Morgan fingerprint density at radius 1 is 0.958 bits per heavy atom. The molecule has 0 aliphatic rings. The van der Waals surface area contributed by atoms with Gasteiger partial charge in [-0.15, -0.1) is 0 Å². The SMILES string of the molecule is Cc1cc(C)c([C@H](C)NC(=O)COc2c(C)cccc2C)cc1C. The summed E-state index contributed by atoms with van der Waals surface area (Å²) in [5.74, 6) is 0.686. The largest absolute Gasteiger partial charge is 0.483 e. The molecule has 0 spiro atoms. The molecule has 0 saturated carbocycles. The van der Waals surface area contributed by atoms with Crippen LogP contribution in [0.15, 0.2) is 30.3 Å². The van der Waals surface area contributed by atoms with Crippen LogP contribution in [-0.4, -0.2) is 12.5 Å². The van der Waals surface area contributed by atoms with Gasteiger partial charge in [0, 0.05) is 0 Å². The smallest absolute Gasteiger partial charge is 0.258 e. The van der Waals surface area contributed by atoms with Gasteiger partial charge in [0.05, 0.1) is 6.04 Å². The summed E-state index contributed by atoms with van der Waals surface area (Å²) < 4.78 is 5.73. The van der Waals surface area contributed by atoms with E-state index in [4.69, 9.17) is 4.74 Å². The van der Waals surface area contributed by atoms with Gasteiger partial charge in [-0.2, -0.15) is 0 Å². The molecule has 0 heterocycles. The van der Waals surface area contributed by atoms with Crippen LogP contribution in [-0.2, 0) is 4.79 Å². The van der Waals surface area contributed by atoms with Crippen LogP contribution in [0, 0.1) is 34.6 Å². The van der Waals surface area contributed by atoms with Gasteiger partial charge in [0.2, 0.25) is 0 Å². The summed E-state index contributed by atoms with van der Waals surface area (Å²) in [6.45, 7) is 12.3. The van der Waals surface area contributed by atoms with Crippen molar-refractivity contribution in [1.29, 1.82) is 0 Å². The van der Waals surface area contributed by atoms with Gasteiger partial charge in [0.15, 0.2) is 6.61 Å². The molecule has 3 heteroatoms. The molecule has 2 aromatic rings. The van der Waals surface area contributed by atoms with Gasteiger partial charge < -0.3 is 10.1 Å². The van der Waals surface area contributed by atoms with Crippen molar-refractivity contribution in [1.82, 2.24) is 5.32 Å². The third-order valence-electron chi connectivity index (χ3n) is 4.48. The van der Waals surface area contributed by atoms with Crippen LogP contribution in [0.1, 0.15) is 46.3 Å². The molecule has 1 N–H and O–H groups in total. The molecular weight excluding hydrogens is 298 g/mol. The normalized spacial score (nSPS) is 11.9. The predicted molar refractivity (Wildman–Crippen MR) is 98.6 cm³/mol. The molecule has 0 aliphatic carbocycles. The number of para-hydroxylation sites is 1. The zero-order valence-electron chi connectivity index (χ0n) is 15.5. The zero-order chi connectivity index (χ0) is 17.9.